The molecule has 18 heavy (non-hydrogen) atoms. The minimum Gasteiger partial charge on any atom is -0.207 e. The predicted octanol–water partition coefficient (Wildman–Crippen LogP) is 5.37. The van der Waals surface area contributed by atoms with Crippen molar-refractivity contribution in [3.05, 3.63) is 70.9 Å². The SMILES string of the molecule is Fc1ccccc1C(Cl)c1csc2ccccc12. The van der Waals surface area contributed by atoms with E-state index in [4.69, 9.17) is 11.6 Å². The molecule has 0 aliphatic heterocycles. The van der Waals surface area contributed by atoms with Crippen LogP contribution in [0.4, 0.5) is 4.39 Å². The molecular formula is C15H10ClFS. The zero-order valence-corrected chi connectivity index (χ0v) is 11.0. The van der Waals surface area contributed by atoms with Crippen LogP contribution in [0, 0.1) is 5.82 Å². The minimum atomic E-state index is -0.442. The van der Waals surface area contributed by atoms with Crippen molar-refractivity contribution in [1.82, 2.24) is 0 Å². The highest BCUT2D eigenvalue weighted by Gasteiger charge is 2.18. The largest absolute Gasteiger partial charge is 0.207 e. The molecule has 1 aromatic heterocycles. The van der Waals surface area contributed by atoms with Gasteiger partial charge in [0.15, 0.2) is 0 Å². The molecule has 0 bridgehead atoms. The average molecular weight is 277 g/mol. The number of thiophene rings is 1. The number of hydrogen-bond donors (Lipinski definition) is 0. The van der Waals surface area contributed by atoms with Crippen molar-refractivity contribution in [3.63, 3.8) is 0 Å². The zero-order chi connectivity index (χ0) is 12.5. The van der Waals surface area contributed by atoms with E-state index >= 15 is 0 Å². The van der Waals surface area contributed by atoms with E-state index in [2.05, 4.69) is 6.07 Å². The van der Waals surface area contributed by atoms with Crippen molar-refractivity contribution in [2.24, 2.45) is 0 Å². The van der Waals surface area contributed by atoms with Crippen molar-refractivity contribution >= 4 is 33.0 Å². The second kappa shape index (κ2) is 4.71. The summed E-state index contributed by atoms with van der Waals surface area (Å²) in [5.41, 5.74) is 1.50. The molecule has 0 saturated carbocycles. The van der Waals surface area contributed by atoms with E-state index in [0.29, 0.717) is 5.56 Å². The molecule has 0 radical (unpaired) electrons. The molecule has 0 saturated heterocycles. The topological polar surface area (TPSA) is 0 Å². The monoisotopic (exact) mass is 276 g/mol. The summed E-state index contributed by atoms with van der Waals surface area (Å²) in [6, 6.07) is 14.7. The number of fused-ring (bicyclic) bond motifs is 1. The van der Waals surface area contributed by atoms with Crippen molar-refractivity contribution in [2.45, 2.75) is 5.38 Å². The van der Waals surface area contributed by atoms with Gasteiger partial charge in [0.2, 0.25) is 0 Å². The quantitative estimate of drug-likeness (QED) is 0.552. The second-order valence-corrected chi connectivity index (χ2v) is 5.42. The van der Waals surface area contributed by atoms with Crippen LogP contribution in [0.3, 0.4) is 0 Å². The van der Waals surface area contributed by atoms with Crippen molar-refractivity contribution in [3.8, 4) is 0 Å². The summed E-state index contributed by atoms with van der Waals surface area (Å²) >= 11 is 8.06. The number of halogens is 2. The van der Waals surface area contributed by atoms with Gasteiger partial charge < -0.3 is 0 Å². The Kier molecular flexibility index (Phi) is 3.06. The van der Waals surface area contributed by atoms with E-state index in [1.54, 1.807) is 23.5 Å². The van der Waals surface area contributed by atoms with E-state index in [1.165, 1.54) is 10.8 Å². The minimum absolute atomic E-state index is 0.257. The van der Waals surface area contributed by atoms with Crippen LogP contribution in [0.1, 0.15) is 16.5 Å². The Balaban J connectivity index is 2.13. The highest BCUT2D eigenvalue weighted by molar-refractivity contribution is 7.17. The molecule has 90 valence electrons. The first-order chi connectivity index (χ1) is 8.77. The number of benzene rings is 2. The molecule has 3 aromatic rings. The summed E-state index contributed by atoms with van der Waals surface area (Å²) in [4.78, 5) is 0. The van der Waals surface area contributed by atoms with Crippen LogP contribution in [-0.2, 0) is 0 Å². The smallest absolute Gasteiger partial charge is 0.128 e. The maximum absolute atomic E-state index is 13.8. The summed E-state index contributed by atoms with van der Waals surface area (Å²) in [5.74, 6) is -0.257. The van der Waals surface area contributed by atoms with Gasteiger partial charge in [0.25, 0.3) is 0 Å². The van der Waals surface area contributed by atoms with Gasteiger partial charge >= 0.3 is 0 Å². The average Bonchev–Trinajstić information content (AvgIpc) is 2.82. The Hall–Kier alpha value is -1.38. The van der Waals surface area contributed by atoms with E-state index in [1.807, 2.05) is 29.6 Å². The number of rotatable bonds is 2. The van der Waals surface area contributed by atoms with Gasteiger partial charge in [-0.1, -0.05) is 36.4 Å². The van der Waals surface area contributed by atoms with Gasteiger partial charge in [0.1, 0.15) is 5.82 Å². The van der Waals surface area contributed by atoms with Gasteiger partial charge in [0, 0.05) is 10.3 Å². The molecule has 3 heteroatoms. The lowest BCUT2D eigenvalue weighted by Gasteiger charge is -2.10. The fourth-order valence-electron chi connectivity index (χ4n) is 2.04. The molecular weight excluding hydrogens is 267 g/mol. The molecule has 0 fully saturated rings. The van der Waals surface area contributed by atoms with Crippen LogP contribution < -0.4 is 0 Å². The van der Waals surface area contributed by atoms with Gasteiger partial charge in [-0.05, 0) is 28.5 Å². The van der Waals surface area contributed by atoms with Crippen molar-refractivity contribution in [2.75, 3.05) is 0 Å². The Labute approximate surface area is 114 Å². The lowest BCUT2D eigenvalue weighted by atomic mass is 10.0. The molecule has 3 rings (SSSR count). The summed E-state index contributed by atoms with van der Waals surface area (Å²) in [7, 11) is 0. The zero-order valence-electron chi connectivity index (χ0n) is 9.44. The van der Waals surface area contributed by atoms with E-state index in [0.717, 1.165) is 10.9 Å². The number of alkyl halides is 1. The molecule has 0 amide bonds. The first kappa shape index (κ1) is 11.7. The van der Waals surface area contributed by atoms with Crippen LogP contribution in [-0.4, -0.2) is 0 Å². The lowest BCUT2D eigenvalue weighted by molar-refractivity contribution is 0.612. The Morgan fingerprint density at radius 3 is 2.50 bits per heavy atom. The highest BCUT2D eigenvalue weighted by Crippen LogP contribution is 2.37. The lowest BCUT2D eigenvalue weighted by Crippen LogP contribution is -1.95. The van der Waals surface area contributed by atoms with Gasteiger partial charge in [-0.25, -0.2) is 4.39 Å². The standard InChI is InChI=1S/C15H10ClFS/c16-15(11-6-1-3-7-13(11)17)12-9-18-14-8-4-2-5-10(12)14/h1-9,15H. The summed E-state index contributed by atoms with van der Waals surface area (Å²) in [5, 5.41) is 2.67. The fraction of sp³-hybridized carbons (Fsp3) is 0.0667. The van der Waals surface area contributed by atoms with E-state index in [-0.39, 0.29) is 5.82 Å². The molecule has 1 unspecified atom stereocenters. The molecule has 0 N–H and O–H groups in total. The van der Waals surface area contributed by atoms with E-state index in [9.17, 15) is 4.39 Å². The molecule has 0 spiro atoms. The number of hydrogen-bond acceptors (Lipinski definition) is 1. The van der Waals surface area contributed by atoms with Gasteiger partial charge in [-0.2, -0.15) is 0 Å². The Bertz CT molecular complexity index is 690. The predicted molar refractivity (Wildman–Crippen MR) is 75.9 cm³/mol. The molecule has 2 aromatic carbocycles. The van der Waals surface area contributed by atoms with Crippen LogP contribution in [0.25, 0.3) is 10.1 Å². The molecule has 1 atom stereocenters. The third-order valence-electron chi connectivity index (χ3n) is 2.96. The molecule has 1 heterocycles. The first-order valence-electron chi connectivity index (χ1n) is 5.62. The van der Waals surface area contributed by atoms with Crippen LogP contribution in [0.2, 0.25) is 0 Å². The third-order valence-corrected chi connectivity index (χ3v) is 4.41. The van der Waals surface area contributed by atoms with Crippen LogP contribution in [0.5, 0.6) is 0 Å². The highest BCUT2D eigenvalue weighted by atomic mass is 35.5. The van der Waals surface area contributed by atoms with Gasteiger partial charge in [0.05, 0.1) is 5.38 Å². The molecule has 0 aliphatic rings. The van der Waals surface area contributed by atoms with E-state index < -0.39 is 5.38 Å². The van der Waals surface area contributed by atoms with Crippen LogP contribution >= 0.6 is 22.9 Å². The van der Waals surface area contributed by atoms with Gasteiger partial charge in [-0.15, -0.1) is 22.9 Å². The van der Waals surface area contributed by atoms with Gasteiger partial charge in [-0.3, -0.25) is 0 Å². The summed E-state index contributed by atoms with van der Waals surface area (Å²) in [6.07, 6.45) is 0. The first-order valence-corrected chi connectivity index (χ1v) is 6.93. The molecule has 0 nitrogen and oxygen atoms in total. The summed E-state index contributed by atoms with van der Waals surface area (Å²) in [6.45, 7) is 0. The third kappa shape index (κ3) is 1.92. The van der Waals surface area contributed by atoms with Crippen molar-refractivity contribution in [1.29, 1.82) is 0 Å². The maximum atomic E-state index is 13.8. The molecule has 0 aliphatic carbocycles. The fourth-order valence-corrected chi connectivity index (χ4v) is 3.46. The normalized spacial score (nSPS) is 12.8. The second-order valence-electron chi connectivity index (χ2n) is 4.07. The van der Waals surface area contributed by atoms with Crippen molar-refractivity contribution < 1.29 is 4.39 Å². The summed E-state index contributed by atoms with van der Waals surface area (Å²) < 4.78 is 14.9. The van der Waals surface area contributed by atoms with Crippen LogP contribution in [0.15, 0.2) is 53.9 Å². The Morgan fingerprint density at radius 2 is 1.67 bits per heavy atom. The Morgan fingerprint density at radius 1 is 0.944 bits per heavy atom. The maximum Gasteiger partial charge on any atom is 0.128 e.